The van der Waals surface area contributed by atoms with E-state index in [1.165, 1.54) is 0 Å². The van der Waals surface area contributed by atoms with Gasteiger partial charge in [0.05, 0.1) is 6.10 Å². The molecule has 0 N–H and O–H groups in total. The summed E-state index contributed by atoms with van der Waals surface area (Å²) in [5.41, 5.74) is 0. The number of hydrogen-bond donors (Lipinski definition) is 0. The maximum absolute atomic E-state index is 5.37. The van der Waals surface area contributed by atoms with Crippen molar-refractivity contribution in [2.45, 2.75) is 26.4 Å². The summed E-state index contributed by atoms with van der Waals surface area (Å²) in [6.07, 6.45) is 0.977. The summed E-state index contributed by atoms with van der Waals surface area (Å²) < 4.78 is 5.37. The molecular formula is C4H9OS6-. The van der Waals surface area contributed by atoms with Gasteiger partial charge in [-0.2, -0.15) is 0 Å². The van der Waals surface area contributed by atoms with Crippen molar-refractivity contribution in [1.82, 2.24) is 0 Å². The molecular weight excluding hydrogens is 256 g/mol. The quantitative estimate of drug-likeness (QED) is 0.557. The Morgan fingerprint density at radius 2 is 1.91 bits per heavy atom. The minimum Gasteiger partial charge on any atom is -0.325 e. The molecule has 11 heavy (non-hydrogen) atoms. The molecule has 0 saturated carbocycles. The Morgan fingerprint density at radius 1 is 1.45 bits per heavy atom. The summed E-state index contributed by atoms with van der Waals surface area (Å²) in [4.78, 5) is 0. The van der Waals surface area contributed by atoms with Gasteiger partial charge >= 0.3 is 0 Å². The second-order valence-corrected chi connectivity index (χ2v) is 14.4. The molecule has 0 aromatic carbocycles. The molecule has 0 saturated heterocycles. The zero-order valence-electron chi connectivity index (χ0n) is 6.14. The Morgan fingerprint density at radius 3 is 2.18 bits per heavy atom. The highest BCUT2D eigenvalue weighted by molar-refractivity contribution is 9.03. The smallest absolute Gasteiger partial charge is 0.0675 e. The second kappa shape index (κ2) is 5.31. The monoisotopic (exact) mass is 265 g/mol. The highest BCUT2D eigenvalue weighted by Gasteiger charge is 1.99. The van der Waals surface area contributed by atoms with Gasteiger partial charge in [-0.05, 0) is 42.2 Å². The van der Waals surface area contributed by atoms with Gasteiger partial charge in [-0.3, -0.25) is 7.05 Å². The van der Waals surface area contributed by atoms with Gasteiger partial charge in [0.15, 0.2) is 0 Å². The van der Waals surface area contributed by atoms with Crippen LogP contribution in [0.4, 0.5) is 0 Å². The van der Waals surface area contributed by atoms with Crippen molar-refractivity contribution >= 4 is 58.3 Å². The van der Waals surface area contributed by atoms with Gasteiger partial charge in [0.2, 0.25) is 0 Å². The minimum absolute atomic E-state index is 0.0842. The second-order valence-electron chi connectivity index (χ2n) is 1.93. The van der Waals surface area contributed by atoms with Crippen LogP contribution < -0.4 is 0 Å². The highest BCUT2D eigenvalue weighted by Crippen LogP contribution is 2.05. The van der Waals surface area contributed by atoms with E-state index in [0.717, 1.165) is 6.42 Å². The Hall–Kier alpha value is 1.54. The molecule has 1 unspecified atom stereocenters. The molecule has 0 fully saturated rings. The van der Waals surface area contributed by atoms with Crippen LogP contribution in [0.25, 0.3) is 0 Å². The predicted octanol–water partition coefficient (Wildman–Crippen LogP) is 1.25. The summed E-state index contributed by atoms with van der Waals surface area (Å²) in [7, 11) is -0.791. The van der Waals surface area contributed by atoms with Gasteiger partial charge in [-0.25, -0.2) is 22.4 Å². The zero-order chi connectivity index (χ0) is 9.07. The van der Waals surface area contributed by atoms with E-state index in [9.17, 15) is 0 Å². The predicted molar refractivity (Wildman–Crippen MR) is 65.0 cm³/mol. The summed E-state index contributed by atoms with van der Waals surface area (Å²) in [6, 6.07) is 0. The third-order valence-electron chi connectivity index (χ3n) is 1.02. The molecule has 0 spiro atoms. The lowest BCUT2D eigenvalue weighted by atomic mass is 10.3. The summed E-state index contributed by atoms with van der Waals surface area (Å²) in [6.45, 7) is 1.95. The van der Waals surface area contributed by atoms with E-state index in [2.05, 4.69) is 0 Å². The van der Waals surface area contributed by atoms with E-state index >= 15 is 0 Å². The molecule has 0 radical (unpaired) electrons. The lowest BCUT2D eigenvalue weighted by Crippen LogP contribution is -2.12. The van der Waals surface area contributed by atoms with Gasteiger partial charge in [0.1, 0.15) is 0 Å². The van der Waals surface area contributed by atoms with Gasteiger partial charge in [0.25, 0.3) is 0 Å². The molecule has 0 amide bonds. The van der Waals surface area contributed by atoms with Crippen LogP contribution in [0.1, 0.15) is 20.3 Å². The molecule has 0 rings (SSSR count). The first-order valence-corrected chi connectivity index (χ1v) is 9.93. The van der Waals surface area contributed by atoms with Crippen molar-refractivity contribution < 1.29 is 4.18 Å². The largest absolute Gasteiger partial charge is 0.325 e. The Labute approximate surface area is 88.1 Å². The van der Waals surface area contributed by atoms with Crippen molar-refractivity contribution in [3.05, 3.63) is 0 Å². The average Bonchev–Trinajstić information content (AvgIpc) is 1.86. The maximum Gasteiger partial charge on any atom is 0.0675 e. The highest BCUT2D eigenvalue weighted by atomic mass is 33.7. The van der Waals surface area contributed by atoms with Crippen LogP contribution in [0.2, 0.25) is 0 Å². The molecule has 1 nitrogen and oxygen atoms in total. The normalized spacial score (nSPS) is 15.2. The van der Waals surface area contributed by atoms with E-state index in [1.807, 2.05) is 13.8 Å². The van der Waals surface area contributed by atoms with Crippen LogP contribution in [0, 0.1) is 0 Å². The minimum atomic E-state index is -1.99. The van der Waals surface area contributed by atoms with Crippen LogP contribution in [0.15, 0.2) is 0 Å². The average molecular weight is 266 g/mol. The fraction of sp³-hybridized carbons (Fsp3) is 1.00. The zero-order valence-corrected chi connectivity index (χ0v) is 11.0. The molecule has 0 aliphatic heterocycles. The van der Waals surface area contributed by atoms with Crippen LogP contribution in [-0.2, 0) is 62.4 Å². The maximum atomic E-state index is 5.37. The fourth-order valence-electron chi connectivity index (χ4n) is 0.301. The fourth-order valence-corrected chi connectivity index (χ4v) is 2.88. The van der Waals surface area contributed by atoms with Gasteiger partial charge in [-0.15, -0.1) is 0 Å². The van der Waals surface area contributed by atoms with Crippen LogP contribution >= 0.6 is 0 Å². The molecule has 7 heteroatoms. The van der Waals surface area contributed by atoms with Crippen molar-refractivity contribution in [2.75, 3.05) is 0 Å². The third kappa shape index (κ3) is 4.97. The number of rotatable bonds is 4. The van der Waals surface area contributed by atoms with Crippen LogP contribution in [0.5, 0.6) is 0 Å². The summed E-state index contributed by atoms with van der Waals surface area (Å²) >= 11 is 19.6. The van der Waals surface area contributed by atoms with Gasteiger partial charge in [-0.1, -0.05) is 6.92 Å². The molecule has 0 heterocycles. The molecule has 0 aliphatic carbocycles. The molecule has 0 aromatic rings. The first-order chi connectivity index (χ1) is 4.90. The van der Waals surface area contributed by atoms with Crippen molar-refractivity contribution in [3.63, 3.8) is 0 Å². The topological polar surface area (TPSA) is 9.23 Å². The van der Waals surface area contributed by atoms with E-state index < -0.39 is 13.5 Å². The standard InChI is InChI=1S/C4H9OS6/c1-3-4(2)5-11(8,9)10(6)7/h4H,3H2,1-2H3/q-1. The third-order valence-corrected chi connectivity index (χ3v) is 12.6. The van der Waals surface area contributed by atoms with Crippen molar-refractivity contribution in [2.24, 2.45) is 0 Å². The Balaban J connectivity index is 4.39. The SMILES string of the molecule is CCC(C)OS(=S)(=S)[S-](=S)=S. The molecule has 0 aliphatic rings. The molecule has 68 valence electrons. The lowest BCUT2D eigenvalue weighted by Gasteiger charge is -2.19. The first-order valence-electron chi connectivity index (χ1n) is 2.93. The first kappa shape index (κ1) is 12.5. The van der Waals surface area contributed by atoms with Gasteiger partial charge in [0, 0.05) is 0 Å². The molecule has 0 bridgehead atoms. The molecule has 0 aromatic heterocycles. The summed E-state index contributed by atoms with van der Waals surface area (Å²) in [5.74, 6) is 0. The lowest BCUT2D eigenvalue weighted by molar-refractivity contribution is 0.259. The molecule has 1 atom stereocenters. The van der Waals surface area contributed by atoms with E-state index in [1.54, 1.807) is 0 Å². The van der Waals surface area contributed by atoms with E-state index in [0.29, 0.717) is 0 Å². The van der Waals surface area contributed by atoms with Crippen molar-refractivity contribution in [1.29, 1.82) is 0 Å². The Kier molecular flexibility index (Phi) is 6.05. The van der Waals surface area contributed by atoms with Crippen molar-refractivity contribution in [3.8, 4) is 0 Å². The van der Waals surface area contributed by atoms with E-state index in [4.69, 9.17) is 48.9 Å². The van der Waals surface area contributed by atoms with Crippen LogP contribution in [-0.4, -0.2) is 6.10 Å². The van der Waals surface area contributed by atoms with Gasteiger partial charge < -0.3 is 4.18 Å². The Bertz CT molecular complexity index is 265. The number of hydrogen-bond acceptors (Lipinski definition) is 6. The van der Waals surface area contributed by atoms with E-state index in [-0.39, 0.29) is 6.10 Å². The van der Waals surface area contributed by atoms with Crippen LogP contribution in [0.3, 0.4) is 0 Å². The summed E-state index contributed by atoms with van der Waals surface area (Å²) in [5, 5.41) is 0.